The minimum atomic E-state index is -1.60. The zero-order chi connectivity index (χ0) is 17.3. The van der Waals surface area contributed by atoms with E-state index in [1.54, 1.807) is 6.20 Å². The summed E-state index contributed by atoms with van der Waals surface area (Å²) in [5.41, 5.74) is 1.60. The van der Waals surface area contributed by atoms with Crippen molar-refractivity contribution < 1.29 is 34.7 Å². The van der Waals surface area contributed by atoms with Crippen LogP contribution in [-0.4, -0.2) is 68.7 Å². The number of carbonyl (C=O) groups is 1. The van der Waals surface area contributed by atoms with Crippen molar-refractivity contribution in [1.82, 2.24) is 4.98 Å². The smallest absolute Gasteiger partial charge is 0.312 e. The first-order valence-corrected chi connectivity index (χ1v) is 7.56. The maximum absolute atomic E-state index is 12.1. The van der Waals surface area contributed by atoms with Crippen LogP contribution in [0.3, 0.4) is 0 Å². The minimum absolute atomic E-state index is 0.0565. The summed E-state index contributed by atoms with van der Waals surface area (Å²) >= 11 is 0. The minimum Gasteiger partial charge on any atom is -0.432 e. The Kier molecular flexibility index (Phi) is 4.83. The fourth-order valence-corrected chi connectivity index (χ4v) is 2.77. The van der Waals surface area contributed by atoms with Gasteiger partial charge in [0.1, 0.15) is 24.4 Å². The van der Waals surface area contributed by atoms with Crippen LogP contribution in [0.15, 0.2) is 30.5 Å². The number of carbonyl (C=O) groups excluding carboxylic acids is 1. The van der Waals surface area contributed by atoms with E-state index in [1.165, 1.54) is 0 Å². The van der Waals surface area contributed by atoms with Crippen LogP contribution in [-0.2, 0) is 20.7 Å². The molecule has 0 unspecified atom stereocenters. The first kappa shape index (κ1) is 16.9. The molecular weight excluding hydrogens is 318 g/mol. The number of hydrogen-bond donors (Lipinski definition) is 5. The van der Waals surface area contributed by atoms with E-state index in [4.69, 9.17) is 14.6 Å². The van der Waals surface area contributed by atoms with Gasteiger partial charge in [0.15, 0.2) is 0 Å². The molecule has 0 saturated carbocycles. The topological polar surface area (TPSA) is 132 Å². The first-order chi connectivity index (χ1) is 11.5. The van der Waals surface area contributed by atoms with Crippen LogP contribution >= 0.6 is 0 Å². The Morgan fingerprint density at radius 3 is 2.67 bits per heavy atom. The van der Waals surface area contributed by atoms with E-state index < -0.39 is 43.3 Å². The molecule has 5 atom stereocenters. The van der Waals surface area contributed by atoms with E-state index in [1.807, 2.05) is 24.3 Å². The van der Waals surface area contributed by atoms with Gasteiger partial charge in [0.25, 0.3) is 0 Å². The van der Waals surface area contributed by atoms with Crippen molar-refractivity contribution in [3.63, 3.8) is 0 Å². The number of benzene rings is 1. The van der Waals surface area contributed by atoms with Gasteiger partial charge in [-0.1, -0.05) is 18.2 Å². The molecule has 1 aliphatic heterocycles. The van der Waals surface area contributed by atoms with Crippen LogP contribution in [0, 0.1) is 0 Å². The predicted octanol–water partition coefficient (Wildman–Crippen LogP) is -0.947. The van der Waals surface area contributed by atoms with Gasteiger partial charge >= 0.3 is 5.97 Å². The molecule has 24 heavy (non-hydrogen) atoms. The largest absolute Gasteiger partial charge is 0.432 e. The van der Waals surface area contributed by atoms with Crippen LogP contribution in [0.2, 0.25) is 0 Å². The lowest BCUT2D eigenvalue weighted by molar-refractivity contribution is -0.292. The lowest BCUT2D eigenvalue weighted by atomic mass is 9.99. The molecule has 1 fully saturated rings. The summed E-state index contributed by atoms with van der Waals surface area (Å²) in [6.45, 7) is -0.582. The third-order valence-electron chi connectivity index (χ3n) is 4.11. The van der Waals surface area contributed by atoms with Gasteiger partial charge < -0.3 is 34.9 Å². The summed E-state index contributed by atoms with van der Waals surface area (Å²) in [6, 6.07) is 7.46. The second kappa shape index (κ2) is 6.88. The number of hydrogen-bond acceptors (Lipinski definition) is 7. The van der Waals surface area contributed by atoms with E-state index in [9.17, 15) is 20.1 Å². The third-order valence-corrected chi connectivity index (χ3v) is 4.11. The van der Waals surface area contributed by atoms with Crippen LogP contribution in [0.25, 0.3) is 10.9 Å². The average molecular weight is 337 g/mol. The van der Waals surface area contributed by atoms with Crippen molar-refractivity contribution in [1.29, 1.82) is 0 Å². The van der Waals surface area contributed by atoms with E-state index in [-0.39, 0.29) is 6.42 Å². The summed E-state index contributed by atoms with van der Waals surface area (Å²) in [6.07, 6.45) is -5.62. The first-order valence-electron chi connectivity index (χ1n) is 7.56. The highest BCUT2D eigenvalue weighted by molar-refractivity contribution is 5.87. The number of aromatic nitrogens is 1. The summed E-state index contributed by atoms with van der Waals surface area (Å²) in [7, 11) is 0. The Labute approximate surface area is 137 Å². The Bertz CT molecular complexity index is 713. The number of rotatable bonds is 4. The van der Waals surface area contributed by atoms with Crippen LogP contribution in [0.1, 0.15) is 5.56 Å². The molecule has 0 aliphatic carbocycles. The molecule has 0 amide bonds. The number of H-pyrrole nitrogens is 1. The lowest BCUT2D eigenvalue weighted by Crippen LogP contribution is -2.59. The van der Waals surface area contributed by atoms with Crippen molar-refractivity contribution in [2.45, 2.75) is 37.1 Å². The van der Waals surface area contributed by atoms with Crippen LogP contribution < -0.4 is 0 Å². The van der Waals surface area contributed by atoms with Crippen molar-refractivity contribution in [2.75, 3.05) is 6.61 Å². The molecule has 3 rings (SSSR count). The molecule has 0 radical (unpaired) electrons. The summed E-state index contributed by atoms with van der Waals surface area (Å²) in [5, 5.41) is 39.3. The Morgan fingerprint density at radius 2 is 1.92 bits per heavy atom. The zero-order valence-corrected chi connectivity index (χ0v) is 12.7. The number of ether oxygens (including phenoxy) is 2. The molecule has 2 heterocycles. The molecule has 0 spiro atoms. The summed E-state index contributed by atoms with van der Waals surface area (Å²) < 4.78 is 10.2. The maximum atomic E-state index is 12.1. The Morgan fingerprint density at radius 1 is 1.17 bits per heavy atom. The van der Waals surface area contributed by atoms with Crippen molar-refractivity contribution >= 4 is 16.9 Å². The lowest BCUT2D eigenvalue weighted by Gasteiger charge is -2.39. The predicted molar refractivity (Wildman–Crippen MR) is 81.9 cm³/mol. The van der Waals surface area contributed by atoms with Crippen LogP contribution in [0.5, 0.6) is 0 Å². The molecule has 5 N–H and O–H groups in total. The number of para-hydroxylation sites is 1. The highest BCUT2D eigenvalue weighted by Crippen LogP contribution is 2.23. The number of aliphatic hydroxyl groups excluding tert-OH is 4. The fourth-order valence-electron chi connectivity index (χ4n) is 2.77. The highest BCUT2D eigenvalue weighted by Gasteiger charge is 2.45. The third kappa shape index (κ3) is 3.14. The van der Waals surface area contributed by atoms with E-state index in [0.29, 0.717) is 0 Å². The average Bonchev–Trinajstić information content (AvgIpc) is 2.98. The van der Waals surface area contributed by atoms with Crippen LogP contribution in [0.4, 0.5) is 0 Å². The molecule has 0 bridgehead atoms. The number of fused-ring (bicyclic) bond motifs is 1. The standard InChI is InChI=1S/C16H19NO7/c18-7-11-13(20)14(21)15(22)16(23-11)24-12(19)5-8-6-17-10-4-2-1-3-9(8)10/h1-4,6,11,13-18,20-22H,5,7H2/t11-,13+,14+,15-,16+/m1/s1. The van der Waals surface area contributed by atoms with Gasteiger partial charge in [-0.25, -0.2) is 0 Å². The van der Waals surface area contributed by atoms with E-state index >= 15 is 0 Å². The molecule has 1 aromatic carbocycles. The van der Waals surface area contributed by atoms with Gasteiger partial charge in [0.05, 0.1) is 13.0 Å². The second-order valence-electron chi connectivity index (χ2n) is 5.72. The molecule has 1 aliphatic rings. The van der Waals surface area contributed by atoms with E-state index in [0.717, 1.165) is 16.5 Å². The molecule has 130 valence electrons. The van der Waals surface area contributed by atoms with Gasteiger partial charge in [-0.15, -0.1) is 0 Å². The molecule has 2 aromatic rings. The van der Waals surface area contributed by atoms with Gasteiger partial charge in [-0.3, -0.25) is 4.79 Å². The normalized spacial score (nSPS) is 30.4. The van der Waals surface area contributed by atoms with Crippen molar-refractivity contribution in [3.05, 3.63) is 36.0 Å². The number of aromatic amines is 1. The Hall–Kier alpha value is -1.97. The monoisotopic (exact) mass is 337 g/mol. The van der Waals surface area contributed by atoms with Gasteiger partial charge in [-0.2, -0.15) is 0 Å². The van der Waals surface area contributed by atoms with Gasteiger partial charge in [0, 0.05) is 17.1 Å². The second-order valence-corrected chi connectivity index (χ2v) is 5.72. The molecular formula is C16H19NO7. The molecule has 8 nitrogen and oxygen atoms in total. The van der Waals surface area contributed by atoms with Gasteiger partial charge in [0.2, 0.25) is 6.29 Å². The summed E-state index contributed by atoms with van der Waals surface area (Å²) in [5.74, 6) is -0.663. The van der Waals surface area contributed by atoms with Crippen molar-refractivity contribution in [3.8, 4) is 0 Å². The number of esters is 1. The Balaban J connectivity index is 1.68. The molecule has 1 aromatic heterocycles. The van der Waals surface area contributed by atoms with Gasteiger partial charge in [-0.05, 0) is 11.6 Å². The van der Waals surface area contributed by atoms with E-state index in [2.05, 4.69) is 4.98 Å². The van der Waals surface area contributed by atoms with Crippen molar-refractivity contribution in [2.24, 2.45) is 0 Å². The number of nitrogens with one attached hydrogen (secondary N) is 1. The fraction of sp³-hybridized carbons (Fsp3) is 0.438. The maximum Gasteiger partial charge on any atom is 0.312 e. The quantitative estimate of drug-likeness (QED) is 0.455. The molecule has 1 saturated heterocycles. The zero-order valence-electron chi connectivity index (χ0n) is 12.7. The number of aliphatic hydroxyl groups is 4. The highest BCUT2D eigenvalue weighted by atomic mass is 16.7. The SMILES string of the molecule is O=C(Cc1c[nH]c2ccccc12)O[C@@H]1O[C@H](CO)[C@H](O)[C@H](O)[C@H]1O. The summed E-state index contributed by atoms with van der Waals surface area (Å²) in [4.78, 5) is 15.2. The molecule has 8 heteroatoms.